The number of carboxylic acid groups (broad SMARTS) is 1. The monoisotopic (exact) mass is 392 g/mol. The van der Waals surface area contributed by atoms with Gasteiger partial charge in [-0.05, 0) is 19.3 Å². The SMILES string of the molecule is CC(C)CC(NC(=O)C(C)NC(=O)C(CS)NC(=O)C(N)CO)C(=O)O. The minimum atomic E-state index is -1.18. The van der Waals surface area contributed by atoms with E-state index in [1.54, 1.807) is 0 Å². The molecular weight excluding hydrogens is 364 g/mol. The van der Waals surface area contributed by atoms with Crippen molar-refractivity contribution >= 4 is 36.3 Å². The van der Waals surface area contributed by atoms with Crippen LogP contribution in [0.3, 0.4) is 0 Å². The van der Waals surface area contributed by atoms with Crippen LogP contribution in [0.4, 0.5) is 0 Å². The molecule has 0 rings (SSSR count). The van der Waals surface area contributed by atoms with Gasteiger partial charge in [-0.25, -0.2) is 4.79 Å². The molecule has 4 unspecified atom stereocenters. The molecule has 0 heterocycles. The second kappa shape index (κ2) is 11.7. The van der Waals surface area contributed by atoms with E-state index < -0.39 is 54.5 Å². The van der Waals surface area contributed by atoms with Crippen LogP contribution in [0.1, 0.15) is 27.2 Å². The van der Waals surface area contributed by atoms with Gasteiger partial charge < -0.3 is 31.9 Å². The Bertz CT molecular complexity index is 516. The third-order valence-electron chi connectivity index (χ3n) is 3.42. The fraction of sp³-hybridized carbons (Fsp3) is 0.733. The van der Waals surface area contributed by atoms with Gasteiger partial charge in [-0.15, -0.1) is 0 Å². The van der Waals surface area contributed by atoms with E-state index in [-0.39, 0.29) is 18.1 Å². The summed E-state index contributed by atoms with van der Waals surface area (Å²) in [5, 5.41) is 25.0. The van der Waals surface area contributed by atoms with Crippen molar-refractivity contribution in [1.29, 1.82) is 0 Å². The topological polar surface area (TPSA) is 171 Å². The maximum absolute atomic E-state index is 12.2. The lowest BCUT2D eigenvalue weighted by molar-refractivity contribution is -0.142. The number of aliphatic hydroxyl groups is 1. The van der Waals surface area contributed by atoms with Gasteiger partial charge in [0, 0.05) is 5.75 Å². The first-order valence-electron chi connectivity index (χ1n) is 8.14. The maximum atomic E-state index is 12.2. The molecule has 0 radical (unpaired) electrons. The number of nitrogens with one attached hydrogen (secondary N) is 3. The van der Waals surface area contributed by atoms with Crippen LogP contribution in [-0.4, -0.2) is 70.4 Å². The van der Waals surface area contributed by atoms with E-state index in [9.17, 15) is 19.2 Å². The highest BCUT2D eigenvalue weighted by molar-refractivity contribution is 7.80. The van der Waals surface area contributed by atoms with Crippen molar-refractivity contribution in [1.82, 2.24) is 16.0 Å². The van der Waals surface area contributed by atoms with Crippen molar-refractivity contribution in [2.75, 3.05) is 12.4 Å². The molecule has 0 aliphatic heterocycles. The molecule has 0 aliphatic rings. The Morgan fingerprint density at radius 1 is 0.962 bits per heavy atom. The average molecular weight is 392 g/mol. The molecule has 0 bridgehead atoms. The normalized spacial score (nSPS) is 15.5. The second-order valence-corrected chi connectivity index (χ2v) is 6.66. The summed E-state index contributed by atoms with van der Waals surface area (Å²) in [4.78, 5) is 47.1. The van der Waals surface area contributed by atoms with Crippen LogP contribution < -0.4 is 21.7 Å². The summed E-state index contributed by atoms with van der Waals surface area (Å²) < 4.78 is 0. The van der Waals surface area contributed by atoms with E-state index in [2.05, 4.69) is 28.6 Å². The number of rotatable bonds is 11. The van der Waals surface area contributed by atoms with Crippen LogP contribution >= 0.6 is 12.6 Å². The Kier molecular flexibility index (Phi) is 10.9. The highest BCUT2D eigenvalue weighted by Crippen LogP contribution is 2.05. The number of thiol groups is 1. The molecule has 0 saturated carbocycles. The highest BCUT2D eigenvalue weighted by Gasteiger charge is 2.27. The van der Waals surface area contributed by atoms with E-state index >= 15 is 0 Å². The van der Waals surface area contributed by atoms with Gasteiger partial charge in [-0.1, -0.05) is 13.8 Å². The summed E-state index contributed by atoms with van der Waals surface area (Å²) >= 11 is 3.96. The predicted octanol–water partition coefficient (Wildman–Crippen LogP) is -2.16. The fourth-order valence-electron chi connectivity index (χ4n) is 1.92. The van der Waals surface area contributed by atoms with Crippen LogP contribution in [-0.2, 0) is 19.2 Å². The fourth-order valence-corrected chi connectivity index (χ4v) is 2.18. The van der Waals surface area contributed by atoms with Gasteiger partial charge in [0.2, 0.25) is 17.7 Å². The van der Waals surface area contributed by atoms with Crippen molar-refractivity contribution in [3.63, 3.8) is 0 Å². The molecule has 0 spiro atoms. The van der Waals surface area contributed by atoms with Crippen molar-refractivity contribution in [2.24, 2.45) is 11.7 Å². The number of aliphatic carboxylic acids is 1. The molecule has 150 valence electrons. The average Bonchev–Trinajstić information content (AvgIpc) is 2.56. The Hall–Kier alpha value is -1.85. The predicted molar refractivity (Wildman–Crippen MR) is 97.5 cm³/mol. The van der Waals surface area contributed by atoms with E-state index in [0.29, 0.717) is 0 Å². The molecule has 26 heavy (non-hydrogen) atoms. The third kappa shape index (κ3) is 8.50. The van der Waals surface area contributed by atoms with Gasteiger partial charge in [0.25, 0.3) is 0 Å². The Morgan fingerprint density at radius 2 is 1.50 bits per heavy atom. The van der Waals surface area contributed by atoms with E-state index in [0.717, 1.165) is 0 Å². The van der Waals surface area contributed by atoms with Crippen LogP contribution in [0.2, 0.25) is 0 Å². The van der Waals surface area contributed by atoms with Gasteiger partial charge >= 0.3 is 5.97 Å². The molecule has 0 aromatic heterocycles. The molecule has 4 atom stereocenters. The number of nitrogens with two attached hydrogens (primary N) is 1. The van der Waals surface area contributed by atoms with Crippen molar-refractivity contribution < 1.29 is 29.4 Å². The first-order valence-corrected chi connectivity index (χ1v) is 8.77. The zero-order valence-corrected chi connectivity index (χ0v) is 16.0. The van der Waals surface area contributed by atoms with E-state index in [4.69, 9.17) is 15.9 Å². The first kappa shape index (κ1) is 24.1. The van der Waals surface area contributed by atoms with Crippen LogP contribution in [0.25, 0.3) is 0 Å². The van der Waals surface area contributed by atoms with Gasteiger partial charge in [-0.3, -0.25) is 14.4 Å². The van der Waals surface area contributed by atoms with Gasteiger partial charge in [-0.2, -0.15) is 12.6 Å². The second-order valence-electron chi connectivity index (χ2n) is 6.29. The van der Waals surface area contributed by atoms with Gasteiger partial charge in [0.15, 0.2) is 0 Å². The highest BCUT2D eigenvalue weighted by atomic mass is 32.1. The van der Waals surface area contributed by atoms with Crippen LogP contribution in [0.5, 0.6) is 0 Å². The number of carbonyl (C=O) groups is 4. The van der Waals surface area contributed by atoms with Crippen LogP contribution in [0.15, 0.2) is 0 Å². The zero-order valence-electron chi connectivity index (χ0n) is 15.1. The summed E-state index contributed by atoms with van der Waals surface area (Å²) in [6.45, 7) is 4.45. The summed E-state index contributed by atoms with van der Waals surface area (Å²) in [6.07, 6.45) is 0.246. The van der Waals surface area contributed by atoms with Crippen molar-refractivity contribution in [2.45, 2.75) is 51.4 Å². The molecule has 0 aromatic carbocycles. The molecule has 0 aliphatic carbocycles. The number of amides is 3. The minimum absolute atomic E-state index is 0.0563. The Labute approximate surface area is 157 Å². The van der Waals surface area contributed by atoms with Gasteiger partial charge in [0.1, 0.15) is 24.2 Å². The zero-order chi connectivity index (χ0) is 20.4. The summed E-state index contributed by atoms with van der Waals surface area (Å²) in [5.74, 6) is -3.25. The Morgan fingerprint density at radius 3 is 1.92 bits per heavy atom. The number of carboxylic acids is 1. The molecule has 11 heteroatoms. The lowest BCUT2D eigenvalue weighted by atomic mass is 10.0. The molecular formula is C15H28N4O6S. The number of hydrogen-bond donors (Lipinski definition) is 7. The first-order chi connectivity index (χ1) is 12.0. The third-order valence-corrected chi connectivity index (χ3v) is 3.79. The smallest absolute Gasteiger partial charge is 0.326 e. The molecule has 0 fully saturated rings. The quantitative estimate of drug-likeness (QED) is 0.196. The van der Waals surface area contributed by atoms with Gasteiger partial charge in [0.05, 0.1) is 6.61 Å². The van der Waals surface area contributed by atoms with Crippen molar-refractivity contribution in [3.05, 3.63) is 0 Å². The standard InChI is InChI=1S/C15H28N4O6S/c1-7(2)4-10(15(24)25)18-12(21)8(3)17-14(23)11(6-26)19-13(22)9(16)5-20/h7-11,20,26H,4-6,16H2,1-3H3,(H,17,23)(H,18,21)(H,19,22)(H,24,25). The lowest BCUT2D eigenvalue weighted by Crippen LogP contribution is -2.57. The molecule has 10 nitrogen and oxygen atoms in total. The minimum Gasteiger partial charge on any atom is -0.480 e. The Balaban J connectivity index is 4.77. The molecule has 0 aromatic rings. The molecule has 3 amide bonds. The molecule has 0 saturated heterocycles. The number of hydrogen-bond acceptors (Lipinski definition) is 7. The summed E-state index contributed by atoms with van der Waals surface area (Å²) in [5.41, 5.74) is 5.35. The maximum Gasteiger partial charge on any atom is 0.326 e. The number of aliphatic hydroxyl groups excluding tert-OH is 1. The number of carbonyl (C=O) groups excluding carboxylic acids is 3. The lowest BCUT2D eigenvalue weighted by Gasteiger charge is -2.22. The summed E-state index contributed by atoms with van der Waals surface area (Å²) in [6, 6.07) is -4.34. The largest absolute Gasteiger partial charge is 0.480 e. The van der Waals surface area contributed by atoms with Crippen LogP contribution in [0, 0.1) is 5.92 Å². The summed E-state index contributed by atoms with van der Waals surface area (Å²) in [7, 11) is 0. The van der Waals surface area contributed by atoms with E-state index in [1.165, 1.54) is 6.92 Å². The van der Waals surface area contributed by atoms with E-state index in [1.807, 2.05) is 13.8 Å². The molecule has 7 N–H and O–H groups in total. The van der Waals surface area contributed by atoms with Crippen molar-refractivity contribution in [3.8, 4) is 0 Å².